The Hall–Kier alpha value is -1.72. The second kappa shape index (κ2) is 5.75. The highest BCUT2D eigenvalue weighted by Crippen LogP contribution is 2.20. The summed E-state index contributed by atoms with van der Waals surface area (Å²) in [4.78, 5) is 10.8. The van der Waals surface area contributed by atoms with E-state index in [4.69, 9.17) is 4.74 Å². The minimum atomic E-state index is -4.86. The second-order valence-electron chi connectivity index (χ2n) is 3.69. The van der Waals surface area contributed by atoms with Gasteiger partial charge in [-0.15, -0.1) is 0 Å². The summed E-state index contributed by atoms with van der Waals surface area (Å²) in [5.41, 5.74) is 0.580. The summed E-state index contributed by atoms with van der Waals surface area (Å²) >= 11 is 0. The Kier molecular flexibility index (Phi) is 4.58. The lowest BCUT2D eigenvalue weighted by molar-refractivity contribution is -0.174. The van der Waals surface area contributed by atoms with Gasteiger partial charge in [0, 0.05) is 0 Å². The molecule has 1 aromatic rings. The highest BCUT2D eigenvalue weighted by molar-refractivity contribution is 5.82. The van der Waals surface area contributed by atoms with Gasteiger partial charge in [-0.05, 0) is 31.5 Å². The van der Waals surface area contributed by atoms with E-state index in [-0.39, 0.29) is 0 Å². The fourth-order valence-corrected chi connectivity index (χ4v) is 1.38. The molecular formula is C12H14F3NO2. The standard InChI is InChI=1S/C12H14F3NO2/c1-3-18-10-6-4-9(5-7-10)8(2)16-11(17)12(13,14)15/h4-8H,3H2,1-2H3,(H,16,17). The van der Waals surface area contributed by atoms with Crippen LogP contribution < -0.4 is 10.1 Å². The van der Waals surface area contributed by atoms with Gasteiger partial charge in [0.15, 0.2) is 0 Å². The lowest BCUT2D eigenvalue weighted by Gasteiger charge is -2.16. The molecule has 0 bridgehead atoms. The first-order chi connectivity index (χ1) is 8.34. The number of carbonyl (C=O) groups excluding carboxylic acids is 1. The summed E-state index contributed by atoms with van der Waals surface area (Å²) in [6.07, 6.45) is -4.86. The van der Waals surface area contributed by atoms with Crippen LogP contribution in [0.25, 0.3) is 0 Å². The molecule has 0 aliphatic carbocycles. The van der Waals surface area contributed by atoms with Gasteiger partial charge in [-0.1, -0.05) is 12.1 Å². The normalized spacial score (nSPS) is 12.9. The van der Waals surface area contributed by atoms with E-state index in [1.807, 2.05) is 12.2 Å². The van der Waals surface area contributed by atoms with Crippen molar-refractivity contribution in [3.63, 3.8) is 0 Å². The van der Waals surface area contributed by atoms with Crippen molar-refractivity contribution in [3.05, 3.63) is 29.8 Å². The van der Waals surface area contributed by atoms with Gasteiger partial charge in [0.05, 0.1) is 12.6 Å². The van der Waals surface area contributed by atoms with Crippen LogP contribution in [0.15, 0.2) is 24.3 Å². The van der Waals surface area contributed by atoms with Crippen molar-refractivity contribution in [2.75, 3.05) is 6.61 Å². The summed E-state index contributed by atoms with van der Waals surface area (Å²) < 4.78 is 41.4. The molecule has 6 heteroatoms. The number of carbonyl (C=O) groups is 1. The molecule has 1 amide bonds. The Morgan fingerprint density at radius 3 is 2.33 bits per heavy atom. The van der Waals surface area contributed by atoms with E-state index in [2.05, 4.69) is 0 Å². The number of halogens is 3. The number of ether oxygens (including phenoxy) is 1. The number of benzene rings is 1. The third kappa shape index (κ3) is 3.94. The predicted octanol–water partition coefficient (Wildman–Crippen LogP) is 2.82. The van der Waals surface area contributed by atoms with Crippen molar-refractivity contribution in [1.29, 1.82) is 0 Å². The highest BCUT2D eigenvalue weighted by Gasteiger charge is 2.39. The molecule has 1 atom stereocenters. The van der Waals surface area contributed by atoms with Gasteiger partial charge in [0.2, 0.25) is 0 Å². The first kappa shape index (κ1) is 14.3. The Labute approximate surface area is 103 Å². The molecule has 0 radical (unpaired) electrons. The van der Waals surface area contributed by atoms with E-state index in [0.29, 0.717) is 17.9 Å². The molecule has 0 aliphatic rings. The summed E-state index contributed by atoms with van der Waals surface area (Å²) in [5.74, 6) is -1.31. The van der Waals surface area contributed by atoms with E-state index >= 15 is 0 Å². The van der Waals surface area contributed by atoms with Gasteiger partial charge in [-0.25, -0.2) is 0 Å². The van der Waals surface area contributed by atoms with Crippen molar-refractivity contribution < 1.29 is 22.7 Å². The Bertz CT molecular complexity index is 401. The van der Waals surface area contributed by atoms with Crippen molar-refractivity contribution in [2.45, 2.75) is 26.1 Å². The van der Waals surface area contributed by atoms with Crippen LogP contribution in [-0.4, -0.2) is 18.7 Å². The molecule has 0 heterocycles. The second-order valence-corrected chi connectivity index (χ2v) is 3.69. The zero-order valence-electron chi connectivity index (χ0n) is 10.0. The van der Waals surface area contributed by atoms with Crippen molar-refractivity contribution in [2.24, 2.45) is 0 Å². The van der Waals surface area contributed by atoms with Crippen LogP contribution in [0, 0.1) is 0 Å². The third-order valence-electron chi connectivity index (χ3n) is 2.30. The molecule has 1 rings (SSSR count). The monoisotopic (exact) mass is 261 g/mol. The lowest BCUT2D eigenvalue weighted by Crippen LogP contribution is -2.38. The number of amides is 1. The topological polar surface area (TPSA) is 38.3 Å². The maximum absolute atomic E-state index is 12.1. The van der Waals surface area contributed by atoms with Crippen LogP contribution in [0.2, 0.25) is 0 Å². The van der Waals surface area contributed by atoms with Gasteiger partial charge < -0.3 is 10.1 Å². The van der Waals surface area contributed by atoms with Crippen molar-refractivity contribution in [3.8, 4) is 5.75 Å². The van der Waals surface area contributed by atoms with Crippen LogP contribution >= 0.6 is 0 Å². The molecule has 1 unspecified atom stereocenters. The molecule has 18 heavy (non-hydrogen) atoms. The maximum atomic E-state index is 12.1. The summed E-state index contributed by atoms with van der Waals surface area (Å²) in [6.45, 7) is 3.83. The first-order valence-electron chi connectivity index (χ1n) is 5.45. The van der Waals surface area contributed by atoms with Crippen LogP contribution in [0.3, 0.4) is 0 Å². The molecule has 100 valence electrons. The highest BCUT2D eigenvalue weighted by atomic mass is 19.4. The van der Waals surface area contributed by atoms with Crippen molar-refractivity contribution in [1.82, 2.24) is 5.32 Å². The zero-order valence-corrected chi connectivity index (χ0v) is 10.0. The average Bonchev–Trinajstić information content (AvgIpc) is 2.29. The number of hydrogen-bond donors (Lipinski definition) is 1. The Morgan fingerprint density at radius 1 is 1.33 bits per heavy atom. The molecule has 0 fully saturated rings. The fourth-order valence-electron chi connectivity index (χ4n) is 1.38. The third-order valence-corrected chi connectivity index (χ3v) is 2.30. The average molecular weight is 261 g/mol. The molecule has 0 saturated heterocycles. The van der Waals surface area contributed by atoms with Crippen LogP contribution in [-0.2, 0) is 4.79 Å². The molecule has 1 aromatic carbocycles. The van der Waals surface area contributed by atoms with Crippen LogP contribution in [0.5, 0.6) is 5.75 Å². The lowest BCUT2D eigenvalue weighted by atomic mass is 10.1. The first-order valence-corrected chi connectivity index (χ1v) is 5.45. The Balaban J connectivity index is 2.67. The number of hydrogen-bond acceptors (Lipinski definition) is 2. The van der Waals surface area contributed by atoms with Gasteiger partial charge in [0.25, 0.3) is 0 Å². The number of alkyl halides is 3. The number of rotatable bonds is 4. The largest absolute Gasteiger partial charge is 0.494 e. The zero-order chi connectivity index (χ0) is 13.8. The van der Waals surface area contributed by atoms with E-state index in [1.165, 1.54) is 6.92 Å². The van der Waals surface area contributed by atoms with Gasteiger partial charge in [-0.2, -0.15) is 13.2 Å². The maximum Gasteiger partial charge on any atom is 0.471 e. The molecule has 0 aliphatic heterocycles. The predicted molar refractivity (Wildman–Crippen MR) is 60.2 cm³/mol. The van der Waals surface area contributed by atoms with E-state index in [0.717, 1.165) is 0 Å². The van der Waals surface area contributed by atoms with Gasteiger partial charge in [0.1, 0.15) is 5.75 Å². The van der Waals surface area contributed by atoms with E-state index < -0.39 is 18.1 Å². The molecule has 1 N–H and O–H groups in total. The van der Waals surface area contributed by atoms with Crippen molar-refractivity contribution >= 4 is 5.91 Å². The molecule has 0 saturated carbocycles. The van der Waals surface area contributed by atoms with E-state index in [9.17, 15) is 18.0 Å². The molecule has 0 aromatic heterocycles. The molecule has 3 nitrogen and oxygen atoms in total. The molecule has 0 spiro atoms. The van der Waals surface area contributed by atoms with Gasteiger partial charge >= 0.3 is 12.1 Å². The van der Waals surface area contributed by atoms with E-state index in [1.54, 1.807) is 24.3 Å². The fraction of sp³-hybridized carbons (Fsp3) is 0.417. The Morgan fingerprint density at radius 2 is 1.89 bits per heavy atom. The summed E-state index contributed by atoms with van der Waals surface area (Å²) in [6, 6.07) is 5.82. The minimum Gasteiger partial charge on any atom is -0.494 e. The number of nitrogens with one attached hydrogen (secondary N) is 1. The van der Waals surface area contributed by atoms with Crippen LogP contribution in [0.1, 0.15) is 25.5 Å². The van der Waals surface area contributed by atoms with Crippen LogP contribution in [0.4, 0.5) is 13.2 Å². The molecular weight excluding hydrogens is 247 g/mol. The summed E-state index contributed by atoms with van der Waals surface area (Å²) in [5, 5.41) is 1.88. The smallest absolute Gasteiger partial charge is 0.471 e. The minimum absolute atomic E-state index is 0.514. The SMILES string of the molecule is CCOc1ccc(C(C)NC(=O)C(F)(F)F)cc1. The summed E-state index contributed by atoms with van der Waals surface area (Å²) in [7, 11) is 0. The van der Waals surface area contributed by atoms with Gasteiger partial charge in [-0.3, -0.25) is 4.79 Å². The quantitative estimate of drug-likeness (QED) is 0.905.